The molecule has 1 atom stereocenters. The average Bonchev–Trinajstić information content (AvgIpc) is 2.63. The molecule has 0 aliphatic heterocycles. The second-order valence-electron chi connectivity index (χ2n) is 3.54. The van der Waals surface area contributed by atoms with Crippen LogP contribution in [0.1, 0.15) is 18.4 Å². The molecule has 1 aromatic heterocycles. The molecule has 3 N–H and O–H groups in total. The highest BCUT2D eigenvalue weighted by molar-refractivity contribution is 7.15. The number of anilines is 1. The molecule has 0 radical (unpaired) electrons. The highest BCUT2D eigenvalue weighted by Gasteiger charge is 2.11. The SMILES string of the molecule is Cc1nnc(NC(=O)NCCC(C)C(=O)O)s1. The molecule has 0 aliphatic carbocycles. The Labute approximate surface area is 102 Å². The van der Waals surface area contributed by atoms with Crippen LogP contribution in [0, 0.1) is 12.8 Å². The fourth-order valence-corrected chi connectivity index (χ4v) is 1.60. The second-order valence-corrected chi connectivity index (χ2v) is 4.72. The van der Waals surface area contributed by atoms with Crippen LogP contribution in [0.2, 0.25) is 0 Å². The number of aliphatic carboxylic acids is 1. The summed E-state index contributed by atoms with van der Waals surface area (Å²) in [5, 5.41) is 22.4. The number of carbonyl (C=O) groups is 2. The van der Waals surface area contributed by atoms with E-state index in [2.05, 4.69) is 20.8 Å². The lowest BCUT2D eigenvalue weighted by molar-refractivity contribution is -0.141. The van der Waals surface area contributed by atoms with Crippen LogP contribution < -0.4 is 10.6 Å². The highest BCUT2D eigenvalue weighted by atomic mass is 32.1. The van der Waals surface area contributed by atoms with Crippen molar-refractivity contribution < 1.29 is 14.7 Å². The molecule has 8 heteroatoms. The first kappa shape index (κ1) is 13.4. The molecule has 7 nitrogen and oxygen atoms in total. The lowest BCUT2D eigenvalue weighted by Crippen LogP contribution is -2.31. The van der Waals surface area contributed by atoms with Crippen molar-refractivity contribution in [3.63, 3.8) is 0 Å². The van der Waals surface area contributed by atoms with Crippen molar-refractivity contribution in [2.24, 2.45) is 5.92 Å². The molecular weight excluding hydrogens is 244 g/mol. The topological polar surface area (TPSA) is 104 Å². The van der Waals surface area contributed by atoms with Gasteiger partial charge in [-0.2, -0.15) is 0 Å². The number of aromatic nitrogens is 2. The Balaban J connectivity index is 2.24. The second kappa shape index (κ2) is 6.14. The van der Waals surface area contributed by atoms with Crippen LogP contribution in [0.4, 0.5) is 9.93 Å². The third-order valence-electron chi connectivity index (χ3n) is 2.03. The van der Waals surface area contributed by atoms with Gasteiger partial charge in [0.25, 0.3) is 0 Å². The van der Waals surface area contributed by atoms with Crippen molar-refractivity contribution in [3.05, 3.63) is 5.01 Å². The number of hydrogen-bond donors (Lipinski definition) is 3. The smallest absolute Gasteiger partial charge is 0.321 e. The normalized spacial score (nSPS) is 11.9. The third kappa shape index (κ3) is 4.77. The van der Waals surface area contributed by atoms with Crippen molar-refractivity contribution in [1.29, 1.82) is 0 Å². The van der Waals surface area contributed by atoms with E-state index in [1.54, 1.807) is 13.8 Å². The fraction of sp³-hybridized carbons (Fsp3) is 0.556. The summed E-state index contributed by atoms with van der Waals surface area (Å²) in [6.07, 6.45) is 0.387. The maximum atomic E-state index is 11.3. The summed E-state index contributed by atoms with van der Waals surface area (Å²) in [6.45, 7) is 3.68. The monoisotopic (exact) mass is 258 g/mol. The molecule has 0 saturated heterocycles. The summed E-state index contributed by atoms with van der Waals surface area (Å²) in [5.74, 6) is -1.34. The van der Waals surface area contributed by atoms with E-state index in [-0.39, 0.29) is 0 Å². The standard InChI is InChI=1S/C9H14N4O3S/c1-5(7(14)15)3-4-10-8(16)11-9-13-12-6(2)17-9/h5H,3-4H2,1-2H3,(H,14,15)(H2,10,11,13,16). The van der Waals surface area contributed by atoms with Crippen molar-refractivity contribution in [2.45, 2.75) is 20.3 Å². The lowest BCUT2D eigenvalue weighted by atomic mass is 10.1. The van der Waals surface area contributed by atoms with Gasteiger partial charge in [0.1, 0.15) is 5.01 Å². The third-order valence-corrected chi connectivity index (χ3v) is 2.79. The molecule has 0 saturated carbocycles. The van der Waals surface area contributed by atoms with Crippen LogP contribution >= 0.6 is 11.3 Å². The fourth-order valence-electron chi connectivity index (χ4n) is 1.01. The average molecular weight is 258 g/mol. The predicted octanol–water partition coefficient (Wildman–Crippen LogP) is 1.08. The number of carbonyl (C=O) groups excluding carboxylic acids is 1. The molecular formula is C9H14N4O3S. The molecule has 0 aromatic carbocycles. The van der Waals surface area contributed by atoms with Crippen molar-refractivity contribution in [3.8, 4) is 0 Å². The zero-order valence-corrected chi connectivity index (χ0v) is 10.4. The predicted molar refractivity (Wildman–Crippen MR) is 63.1 cm³/mol. The molecule has 17 heavy (non-hydrogen) atoms. The maximum absolute atomic E-state index is 11.3. The summed E-state index contributed by atoms with van der Waals surface area (Å²) in [6, 6.07) is -0.404. The molecule has 0 bridgehead atoms. The highest BCUT2D eigenvalue weighted by Crippen LogP contribution is 2.12. The van der Waals surface area contributed by atoms with Crippen LogP contribution in [0.5, 0.6) is 0 Å². The van der Waals surface area contributed by atoms with Gasteiger partial charge in [-0.1, -0.05) is 18.3 Å². The van der Waals surface area contributed by atoms with E-state index in [0.717, 1.165) is 5.01 Å². The molecule has 1 unspecified atom stereocenters. The number of nitrogens with zero attached hydrogens (tertiary/aromatic N) is 2. The Morgan fingerprint density at radius 2 is 2.18 bits per heavy atom. The van der Waals surface area contributed by atoms with Gasteiger partial charge in [-0.15, -0.1) is 10.2 Å². The summed E-state index contributed by atoms with van der Waals surface area (Å²) < 4.78 is 0. The molecule has 1 rings (SSSR count). The van der Waals surface area contributed by atoms with Gasteiger partial charge in [0, 0.05) is 6.54 Å². The minimum atomic E-state index is -0.869. The first-order valence-electron chi connectivity index (χ1n) is 5.07. The van der Waals surface area contributed by atoms with Crippen LogP contribution in [0.25, 0.3) is 0 Å². The van der Waals surface area contributed by atoms with Crippen LogP contribution in [0.3, 0.4) is 0 Å². The van der Waals surface area contributed by atoms with E-state index < -0.39 is 17.9 Å². The van der Waals surface area contributed by atoms with E-state index >= 15 is 0 Å². The van der Waals surface area contributed by atoms with Crippen LogP contribution in [-0.4, -0.2) is 33.8 Å². The molecule has 94 valence electrons. The number of aryl methyl sites for hydroxylation is 1. The Kier molecular flexibility index (Phi) is 4.83. The number of nitrogens with one attached hydrogen (secondary N) is 2. The van der Waals surface area contributed by atoms with Gasteiger partial charge in [0.15, 0.2) is 0 Å². The molecule has 1 heterocycles. The van der Waals surface area contributed by atoms with E-state index in [9.17, 15) is 9.59 Å². The summed E-state index contributed by atoms with van der Waals surface area (Å²) in [4.78, 5) is 21.9. The number of urea groups is 1. The van der Waals surface area contributed by atoms with Gasteiger partial charge in [-0.25, -0.2) is 4.79 Å². The van der Waals surface area contributed by atoms with Gasteiger partial charge < -0.3 is 10.4 Å². The van der Waals surface area contributed by atoms with E-state index in [0.29, 0.717) is 18.1 Å². The minimum Gasteiger partial charge on any atom is -0.481 e. The van der Waals surface area contributed by atoms with Gasteiger partial charge in [0.2, 0.25) is 5.13 Å². The number of hydrogen-bond acceptors (Lipinski definition) is 5. The van der Waals surface area contributed by atoms with E-state index in [1.165, 1.54) is 11.3 Å². The zero-order valence-electron chi connectivity index (χ0n) is 9.56. The lowest BCUT2D eigenvalue weighted by Gasteiger charge is -2.07. The zero-order chi connectivity index (χ0) is 12.8. The van der Waals surface area contributed by atoms with Crippen LogP contribution in [0.15, 0.2) is 0 Å². The van der Waals surface area contributed by atoms with Gasteiger partial charge >= 0.3 is 12.0 Å². The molecule has 1 aromatic rings. The molecule has 2 amide bonds. The van der Waals surface area contributed by atoms with Crippen LogP contribution in [-0.2, 0) is 4.79 Å². The summed E-state index contributed by atoms with van der Waals surface area (Å²) in [7, 11) is 0. The van der Waals surface area contributed by atoms with Gasteiger partial charge in [-0.3, -0.25) is 10.1 Å². The summed E-state index contributed by atoms with van der Waals surface area (Å²) in [5.41, 5.74) is 0. The van der Waals surface area contributed by atoms with Gasteiger partial charge in [-0.05, 0) is 13.3 Å². The Morgan fingerprint density at radius 3 is 2.71 bits per heavy atom. The Bertz CT molecular complexity index is 407. The number of carboxylic acid groups (broad SMARTS) is 1. The van der Waals surface area contributed by atoms with E-state index in [1.807, 2.05) is 0 Å². The number of rotatable bonds is 5. The number of amides is 2. The quantitative estimate of drug-likeness (QED) is 0.733. The minimum absolute atomic E-state index is 0.303. The Hall–Kier alpha value is -1.70. The molecule has 0 aliphatic rings. The maximum Gasteiger partial charge on any atom is 0.321 e. The number of carboxylic acids is 1. The van der Waals surface area contributed by atoms with Crippen molar-refractivity contribution in [2.75, 3.05) is 11.9 Å². The van der Waals surface area contributed by atoms with Crippen molar-refractivity contribution in [1.82, 2.24) is 15.5 Å². The van der Waals surface area contributed by atoms with Gasteiger partial charge in [0.05, 0.1) is 5.92 Å². The van der Waals surface area contributed by atoms with Crippen molar-refractivity contribution >= 4 is 28.5 Å². The Morgan fingerprint density at radius 1 is 1.47 bits per heavy atom. The first-order valence-corrected chi connectivity index (χ1v) is 5.88. The first-order chi connectivity index (χ1) is 7.99. The molecule has 0 spiro atoms. The summed E-state index contributed by atoms with van der Waals surface area (Å²) >= 11 is 1.27. The van der Waals surface area contributed by atoms with E-state index in [4.69, 9.17) is 5.11 Å². The largest absolute Gasteiger partial charge is 0.481 e. The molecule has 0 fully saturated rings.